The molecule has 0 aliphatic carbocycles. The summed E-state index contributed by atoms with van der Waals surface area (Å²) < 4.78 is 0. The van der Waals surface area contributed by atoms with Crippen LogP contribution >= 0.6 is 0 Å². The van der Waals surface area contributed by atoms with Gasteiger partial charge in [0.15, 0.2) is 0 Å². The molecule has 344 valence electrons. The average molecular weight is 906 g/mol. The number of para-hydroxylation sites is 2. The number of piperazine rings is 3. The Morgan fingerprint density at radius 2 is 0.956 bits per heavy atom. The largest absolute Gasteiger partial charge is 0.361 e. The zero-order valence-corrected chi connectivity index (χ0v) is 38.2. The standard InChI is InChI=1S/C22H22N4.C16H18N4.C15H15N5O2/c1-2-6-17(7-3-1)16-25-12-14-26(15-13-25)22-19-10-11-23-21(19)18-8-4-5-9-20(18)24-22;1-19-8-10-20(11-9-19)16-13-6-7-17-15(13)12-4-2-3-5-14(12)18-16;21-20(22)10-1-2-13-12(9-10)14-11(3-4-17-14)15(18-13)19-7-5-16-6-8-19/h1-11,23H,12-16H2;2-7,17H,8-11H2,1H3;1-4,9,16-17H,5-8H2. The van der Waals surface area contributed by atoms with Crippen molar-refractivity contribution >= 4 is 88.6 Å². The number of pyridine rings is 3. The van der Waals surface area contributed by atoms with E-state index in [1.54, 1.807) is 12.1 Å². The molecule has 0 unspecified atom stereocenters. The molecule has 9 heterocycles. The topological polar surface area (TPSA) is 157 Å². The predicted molar refractivity (Wildman–Crippen MR) is 276 cm³/mol. The molecule has 3 fully saturated rings. The van der Waals surface area contributed by atoms with Gasteiger partial charge in [0, 0.05) is 148 Å². The molecule has 68 heavy (non-hydrogen) atoms. The first-order valence-electron chi connectivity index (χ1n) is 23.6. The molecule has 0 saturated carbocycles. The van der Waals surface area contributed by atoms with Gasteiger partial charge >= 0.3 is 0 Å². The molecule has 15 nitrogen and oxygen atoms in total. The maximum Gasteiger partial charge on any atom is 0.270 e. The van der Waals surface area contributed by atoms with Crippen LogP contribution in [-0.4, -0.2) is 130 Å². The van der Waals surface area contributed by atoms with Crippen molar-refractivity contribution in [1.82, 2.24) is 45.0 Å². The van der Waals surface area contributed by atoms with E-state index in [1.165, 1.54) is 44.2 Å². The molecular weight excluding hydrogens is 851 g/mol. The first kappa shape index (κ1) is 43.0. The summed E-state index contributed by atoms with van der Waals surface area (Å²) in [6.45, 7) is 13.2. The van der Waals surface area contributed by atoms with Crippen LogP contribution in [0.25, 0.3) is 65.4 Å². The monoisotopic (exact) mass is 905 g/mol. The Bertz CT molecular complexity index is 3360. The maximum absolute atomic E-state index is 11.0. The van der Waals surface area contributed by atoms with Crippen LogP contribution in [0.2, 0.25) is 0 Å². The summed E-state index contributed by atoms with van der Waals surface area (Å²) in [5.74, 6) is 3.17. The van der Waals surface area contributed by atoms with Gasteiger partial charge in [0.25, 0.3) is 5.69 Å². The van der Waals surface area contributed by atoms with Crippen LogP contribution < -0.4 is 20.0 Å². The molecule has 0 radical (unpaired) electrons. The van der Waals surface area contributed by atoms with Gasteiger partial charge in [-0.3, -0.25) is 15.0 Å². The lowest BCUT2D eigenvalue weighted by Crippen LogP contribution is -2.46. The van der Waals surface area contributed by atoms with E-state index in [4.69, 9.17) is 15.0 Å². The van der Waals surface area contributed by atoms with Crippen LogP contribution in [0.5, 0.6) is 0 Å². The smallest absolute Gasteiger partial charge is 0.270 e. The van der Waals surface area contributed by atoms with Gasteiger partial charge in [-0.2, -0.15) is 0 Å². The minimum atomic E-state index is -0.377. The third-order valence-electron chi connectivity index (χ3n) is 13.6. The second-order valence-corrected chi connectivity index (χ2v) is 17.9. The van der Waals surface area contributed by atoms with Crippen molar-refractivity contribution in [3.8, 4) is 0 Å². The predicted octanol–water partition coefficient (Wildman–Crippen LogP) is 8.54. The summed E-state index contributed by atoms with van der Waals surface area (Å²) in [6.07, 6.45) is 5.89. The summed E-state index contributed by atoms with van der Waals surface area (Å²) in [4.78, 5) is 47.3. The number of rotatable bonds is 6. The first-order valence-corrected chi connectivity index (χ1v) is 23.6. The Balaban J connectivity index is 0.000000113. The van der Waals surface area contributed by atoms with Gasteiger partial charge in [0.05, 0.1) is 38.0 Å². The number of nitrogens with one attached hydrogen (secondary N) is 4. The molecule has 4 N–H and O–H groups in total. The summed E-state index contributed by atoms with van der Waals surface area (Å²) in [7, 11) is 2.18. The van der Waals surface area contributed by atoms with Gasteiger partial charge in [-0.25, -0.2) is 15.0 Å². The SMILES string of the molecule is CN1CCN(c2nc3ccccc3c3[nH]ccc23)CC1.O=[N+]([O-])c1ccc2nc(N3CCNCC3)c3cc[nH]c3c2c1.c1ccc(CN2CCN(c3nc4ccccc4c4[nH]ccc34)CC2)cc1. The molecule has 13 rings (SSSR count). The van der Waals surface area contributed by atoms with Gasteiger partial charge in [-0.05, 0) is 49.0 Å². The molecule has 15 heteroatoms. The number of hydrogen-bond donors (Lipinski definition) is 4. The fourth-order valence-electron chi connectivity index (χ4n) is 9.94. The Morgan fingerprint density at radius 1 is 0.500 bits per heavy atom. The van der Waals surface area contributed by atoms with Gasteiger partial charge in [-0.1, -0.05) is 66.7 Å². The zero-order valence-electron chi connectivity index (χ0n) is 38.2. The molecule has 10 aromatic rings. The number of likely N-dealkylation sites (N-methyl/N-ethyl adjacent to an activating group) is 1. The number of benzene rings is 4. The Kier molecular flexibility index (Phi) is 12.0. The van der Waals surface area contributed by atoms with Crippen molar-refractivity contribution in [2.75, 3.05) is 100 Å². The summed E-state index contributed by atoms with van der Waals surface area (Å²) in [5.41, 5.74) is 7.66. The summed E-state index contributed by atoms with van der Waals surface area (Å²) in [6, 6.07) is 38.6. The lowest BCUT2D eigenvalue weighted by molar-refractivity contribution is -0.384. The van der Waals surface area contributed by atoms with Crippen molar-refractivity contribution in [1.29, 1.82) is 0 Å². The van der Waals surface area contributed by atoms with E-state index >= 15 is 0 Å². The molecule has 0 atom stereocenters. The highest BCUT2D eigenvalue weighted by molar-refractivity contribution is 6.10. The Labute approximate surface area is 393 Å². The number of aromatic nitrogens is 6. The van der Waals surface area contributed by atoms with Gasteiger partial charge in [0.2, 0.25) is 0 Å². The van der Waals surface area contributed by atoms with Crippen molar-refractivity contribution < 1.29 is 4.92 Å². The van der Waals surface area contributed by atoms with Crippen LogP contribution in [0.1, 0.15) is 5.56 Å². The van der Waals surface area contributed by atoms with Crippen molar-refractivity contribution in [2.24, 2.45) is 0 Å². The molecule has 6 aromatic heterocycles. The molecule has 0 bridgehead atoms. The number of anilines is 3. The van der Waals surface area contributed by atoms with E-state index in [-0.39, 0.29) is 10.6 Å². The summed E-state index contributed by atoms with van der Waals surface area (Å²) >= 11 is 0. The third kappa shape index (κ3) is 8.62. The van der Waals surface area contributed by atoms with E-state index in [1.807, 2.05) is 24.7 Å². The number of non-ortho nitro benzene ring substituents is 1. The number of aromatic amines is 3. The normalized spacial score (nSPS) is 16.1. The van der Waals surface area contributed by atoms with Crippen LogP contribution in [-0.2, 0) is 6.54 Å². The van der Waals surface area contributed by atoms with Gasteiger partial charge in [-0.15, -0.1) is 0 Å². The first-order chi connectivity index (χ1) is 33.4. The second kappa shape index (κ2) is 19.0. The lowest BCUT2D eigenvalue weighted by Gasteiger charge is -2.35. The minimum absolute atomic E-state index is 0.0834. The Hall–Kier alpha value is -7.59. The highest BCUT2D eigenvalue weighted by Gasteiger charge is 2.23. The van der Waals surface area contributed by atoms with Crippen LogP contribution in [0.4, 0.5) is 23.1 Å². The number of hydrogen-bond acceptors (Lipinski definition) is 11. The summed E-state index contributed by atoms with van der Waals surface area (Å²) in [5, 5.41) is 21.0. The second-order valence-electron chi connectivity index (χ2n) is 17.9. The van der Waals surface area contributed by atoms with Crippen LogP contribution in [0.15, 0.2) is 134 Å². The third-order valence-corrected chi connectivity index (χ3v) is 13.6. The number of nitro groups is 1. The van der Waals surface area contributed by atoms with E-state index in [0.717, 1.165) is 135 Å². The average Bonchev–Trinajstić information content (AvgIpc) is 4.20. The molecule has 4 aromatic carbocycles. The highest BCUT2D eigenvalue weighted by atomic mass is 16.6. The van der Waals surface area contributed by atoms with E-state index < -0.39 is 0 Å². The van der Waals surface area contributed by atoms with Crippen LogP contribution in [0, 0.1) is 10.1 Å². The lowest BCUT2D eigenvalue weighted by atomic mass is 10.1. The van der Waals surface area contributed by atoms with Crippen LogP contribution in [0.3, 0.4) is 0 Å². The highest BCUT2D eigenvalue weighted by Crippen LogP contribution is 2.34. The molecule has 0 spiro atoms. The van der Waals surface area contributed by atoms with Gasteiger partial charge < -0.3 is 39.9 Å². The molecule has 3 saturated heterocycles. The number of nitro benzene ring substituents is 1. The molecule has 3 aliphatic rings. The van der Waals surface area contributed by atoms with Crippen molar-refractivity contribution in [3.05, 3.63) is 150 Å². The van der Waals surface area contributed by atoms with Gasteiger partial charge in [0.1, 0.15) is 17.5 Å². The quantitative estimate of drug-likeness (QED) is 0.0937. The van der Waals surface area contributed by atoms with Crippen molar-refractivity contribution in [3.63, 3.8) is 0 Å². The van der Waals surface area contributed by atoms with Crippen molar-refractivity contribution in [2.45, 2.75) is 6.54 Å². The fraction of sp³-hybridized carbons (Fsp3) is 0.264. The van der Waals surface area contributed by atoms with E-state index in [2.05, 4.69) is 143 Å². The molecule has 0 amide bonds. The van der Waals surface area contributed by atoms with E-state index in [9.17, 15) is 10.1 Å². The maximum atomic E-state index is 11.0. The Morgan fingerprint density at radius 3 is 1.49 bits per heavy atom. The van der Waals surface area contributed by atoms with E-state index in [0.29, 0.717) is 0 Å². The number of nitrogens with zero attached hydrogens (tertiary/aromatic N) is 9. The number of H-pyrrole nitrogens is 3. The minimum Gasteiger partial charge on any atom is -0.361 e. The molecule has 3 aliphatic heterocycles. The number of fused-ring (bicyclic) bond motifs is 9. The molecular formula is C53H55N13O2. The fourth-order valence-corrected chi connectivity index (χ4v) is 9.94. The zero-order chi connectivity index (χ0) is 46.0.